The highest BCUT2D eigenvalue weighted by Crippen LogP contribution is 2.28. The van der Waals surface area contributed by atoms with E-state index in [-0.39, 0.29) is 6.61 Å². The van der Waals surface area contributed by atoms with Crippen molar-refractivity contribution in [3.05, 3.63) is 94.1 Å². The summed E-state index contributed by atoms with van der Waals surface area (Å²) >= 11 is 0. The number of carbonyl (C=O) groups is 1. The molecule has 0 bridgehead atoms. The summed E-state index contributed by atoms with van der Waals surface area (Å²) in [5, 5.41) is 3.94. The molecule has 3 aromatic rings. The lowest BCUT2D eigenvalue weighted by Gasteiger charge is -2.23. The van der Waals surface area contributed by atoms with Gasteiger partial charge in [-0.05, 0) is 5.56 Å². The summed E-state index contributed by atoms with van der Waals surface area (Å²) in [5.41, 5.74) is -2.20. The molecule has 5 nitrogen and oxygen atoms in total. The summed E-state index contributed by atoms with van der Waals surface area (Å²) in [4.78, 5) is 13.4. The zero-order valence-corrected chi connectivity index (χ0v) is 19.5. The minimum Gasteiger partial charge on any atom is -0.445 e. The molecule has 3 rings (SSSR count). The Hall–Kier alpha value is -4.17. The van der Waals surface area contributed by atoms with Gasteiger partial charge in [0, 0.05) is 26.2 Å². The standard InChI is InChI=1S/C24H17F10N3O2/c25-12-14(27)18(31)22(19(32)15(12)28)35-6-8-37(24(38)39-10-11-4-2-1-3-5-11)9-7-36-23-20(33)16(29)13(26)17(30)21(23)34/h1-5,35-36H,6-10H2. The van der Waals surface area contributed by atoms with Crippen molar-refractivity contribution in [2.45, 2.75) is 6.61 Å². The van der Waals surface area contributed by atoms with Crippen LogP contribution in [0.25, 0.3) is 0 Å². The molecule has 15 heteroatoms. The molecule has 0 spiro atoms. The van der Waals surface area contributed by atoms with Crippen molar-refractivity contribution in [1.82, 2.24) is 4.90 Å². The van der Waals surface area contributed by atoms with Crippen molar-refractivity contribution < 1.29 is 53.4 Å². The van der Waals surface area contributed by atoms with Crippen molar-refractivity contribution in [2.75, 3.05) is 36.8 Å². The number of hydrogen-bond acceptors (Lipinski definition) is 4. The lowest BCUT2D eigenvalue weighted by Crippen LogP contribution is -2.39. The fourth-order valence-electron chi connectivity index (χ4n) is 3.26. The Bertz CT molecular complexity index is 1220. The van der Waals surface area contributed by atoms with Gasteiger partial charge in [-0.3, -0.25) is 0 Å². The summed E-state index contributed by atoms with van der Waals surface area (Å²) in [7, 11) is 0. The SMILES string of the molecule is O=C(OCc1ccccc1)N(CCNc1c(F)c(F)c(F)c(F)c1F)CCNc1c(F)c(F)c(F)c(F)c1F. The van der Waals surface area contributed by atoms with E-state index in [0.717, 1.165) is 4.90 Å². The number of carbonyl (C=O) groups excluding carboxylic acids is 1. The zero-order valence-electron chi connectivity index (χ0n) is 19.5. The molecule has 0 aromatic heterocycles. The fraction of sp³-hybridized carbons (Fsp3) is 0.208. The molecule has 3 aromatic carbocycles. The van der Waals surface area contributed by atoms with Crippen molar-refractivity contribution >= 4 is 17.5 Å². The van der Waals surface area contributed by atoms with Gasteiger partial charge in [0.25, 0.3) is 0 Å². The molecule has 0 saturated heterocycles. The molecule has 0 unspecified atom stereocenters. The predicted octanol–water partition coefficient (Wildman–Crippen LogP) is 6.24. The largest absolute Gasteiger partial charge is 0.445 e. The third kappa shape index (κ3) is 6.46. The molecule has 1 amide bonds. The second-order valence-corrected chi connectivity index (χ2v) is 7.77. The van der Waals surface area contributed by atoms with E-state index in [0.29, 0.717) is 5.56 Å². The van der Waals surface area contributed by atoms with Crippen LogP contribution in [0.3, 0.4) is 0 Å². The summed E-state index contributed by atoms with van der Waals surface area (Å²) in [6.07, 6.45) is -1.09. The average Bonchev–Trinajstić information content (AvgIpc) is 2.94. The third-order valence-electron chi connectivity index (χ3n) is 5.25. The first-order chi connectivity index (χ1) is 18.5. The van der Waals surface area contributed by atoms with E-state index in [4.69, 9.17) is 4.74 Å². The van der Waals surface area contributed by atoms with Gasteiger partial charge in [0.05, 0.1) is 0 Å². The minimum absolute atomic E-state index is 0.258. The van der Waals surface area contributed by atoms with Gasteiger partial charge in [-0.2, -0.15) is 0 Å². The van der Waals surface area contributed by atoms with Crippen LogP contribution in [-0.2, 0) is 11.3 Å². The van der Waals surface area contributed by atoms with Crippen LogP contribution in [-0.4, -0.2) is 37.2 Å². The number of benzene rings is 3. The Morgan fingerprint density at radius 2 is 0.949 bits per heavy atom. The van der Waals surface area contributed by atoms with Crippen LogP contribution in [0.1, 0.15) is 5.56 Å². The van der Waals surface area contributed by atoms with Crippen LogP contribution < -0.4 is 10.6 Å². The highest BCUT2D eigenvalue weighted by Gasteiger charge is 2.27. The Balaban J connectivity index is 1.73. The lowest BCUT2D eigenvalue weighted by molar-refractivity contribution is 0.0988. The maximum absolute atomic E-state index is 13.9. The summed E-state index contributed by atoms with van der Waals surface area (Å²) in [6, 6.07) is 8.18. The molecule has 0 saturated carbocycles. The van der Waals surface area contributed by atoms with E-state index in [9.17, 15) is 48.7 Å². The van der Waals surface area contributed by atoms with E-state index in [2.05, 4.69) is 0 Å². The smallest absolute Gasteiger partial charge is 0.410 e. The number of halogens is 10. The van der Waals surface area contributed by atoms with E-state index in [1.807, 2.05) is 10.6 Å². The number of amides is 1. The number of nitrogens with one attached hydrogen (secondary N) is 2. The maximum atomic E-state index is 13.9. The van der Waals surface area contributed by atoms with Gasteiger partial charge < -0.3 is 20.3 Å². The molecule has 0 aliphatic carbocycles. The lowest BCUT2D eigenvalue weighted by atomic mass is 10.2. The first-order valence-corrected chi connectivity index (χ1v) is 10.9. The Morgan fingerprint density at radius 1 is 0.590 bits per heavy atom. The predicted molar refractivity (Wildman–Crippen MR) is 118 cm³/mol. The Labute approximate surface area is 214 Å². The second-order valence-electron chi connectivity index (χ2n) is 7.77. The number of ether oxygens (including phenoxy) is 1. The molecule has 2 N–H and O–H groups in total. The molecule has 0 aliphatic rings. The quantitative estimate of drug-likeness (QED) is 0.173. The van der Waals surface area contributed by atoms with E-state index in [1.165, 1.54) is 0 Å². The molecular weight excluding hydrogens is 552 g/mol. The summed E-state index contributed by atoms with van der Waals surface area (Å²) < 4.78 is 141. The molecule has 0 radical (unpaired) electrons. The summed E-state index contributed by atoms with van der Waals surface area (Å²) in [5.74, 6) is -22.2. The van der Waals surface area contributed by atoms with Gasteiger partial charge >= 0.3 is 6.09 Å². The van der Waals surface area contributed by atoms with Crippen LogP contribution in [0.2, 0.25) is 0 Å². The van der Waals surface area contributed by atoms with Crippen LogP contribution in [0.5, 0.6) is 0 Å². The average molecular weight is 569 g/mol. The van der Waals surface area contributed by atoms with Crippen LogP contribution in [0.15, 0.2) is 30.3 Å². The van der Waals surface area contributed by atoms with Gasteiger partial charge in [-0.15, -0.1) is 0 Å². The molecule has 0 heterocycles. The van der Waals surface area contributed by atoms with Gasteiger partial charge in [0.15, 0.2) is 46.5 Å². The van der Waals surface area contributed by atoms with E-state index in [1.54, 1.807) is 30.3 Å². The Kier molecular flexibility index (Phi) is 9.48. The van der Waals surface area contributed by atoms with E-state index < -0.39 is 102 Å². The van der Waals surface area contributed by atoms with Crippen LogP contribution >= 0.6 is 0 Å². The van der Waals surface area contributed by atoms with Gasteiger partial charge in [-0.1, -0.05) is 30.3 Å². The van der Waals surface area contributed by atoms with Gasteiger partial charge in [-0.25, -0.2) is 48.7 Å². The van der Waals surface area contributed by atoms with Gasteiger partial charge in [0.1, 0.15) is 18.0 Å². The van der Waals surface area contributed by atoms with Crippen molar-refractivity contribution in [2.24, 2.45) is 0 Å². The second kappa shape index (κ2) is 12.6. The highest BCUT2D eigenvalue weighted by molar-refractivity contribution is 5.68. The maximum Gasteiger partial charge on any atom is 0.410 e. The molecular formula is C24H17F10N3O2. The zero-order chi connectivity index (χ0) is 28.9. The van der Waals surface area contributed by atoms with Crippen LogP contribution in [0, 0.1) is 58.2 Å². The van der Waals surface area contributed by atoms with Crippen molar-refractivity contribution in [1.29, 1.82) is 0 Å². The first-order valence-electron chi connectivity index (χ1n) is 10.9. The van der Waals surface area contributed by atoms with Gasteiger partial charge in [0.2, 0.25) is 11.6 Å². The monoisotopic (exact) mass is 569 g/mol. The highest BCUT2D eigenvalue weighted by atomic mass is 19.2. The number of hydrogen-bond donors (Lipinski definition) is 2. The molecule has 210 valence electrons. The number of nitrogens with zero attached hydrogens (tertiary/aromatic N) is 1. The topological polar surface area (TPSA) is 53.6 Å². The molecule has 0 aliphatic heterocycles. The minimum atomic E-state index is -2.37. The number of anilines is 2. The third-order valence-corrected chi connectivity index (χ3v) is 5.25. The van der Waals surface area contributed by atoms with Crippen molar-refractivity contribution in [3.8, 4) is 0 Å². The Morgan fingerprint density at radius 3 is 1.33 bits per heavy atom. The molecule has 39 heavy (non-hydrogen) atoms. The summed E-state index contributed by atoms with van der Waals surface area (Å²) in [6.45, 7) is -2.52. The normalized spacial score (nSPS) is 10.9. The molecule has 0 fully saturated rings. The van der Waals surface area contributed by atoms with Crippen LogP contribution in [0.4, 0.5) is 60.1 Å². The number of rotatable bonds is 10. The fourth-order valence-corrected chi connectivity index (χ4v) is 3.26. The van der Waals surface area contributed by atoms with Crippen molar-refractivity contribution in [3.63, 3.8) is 0 Å². The first kappa shape index (κ1) is 29.4. The molecule has 0 atom stereocenters. The van der Waals surface area contributed by atoms with E-state index >= 15 is 0 Å².